The van der Waals surface area contributed by atoms with Gasteiger partial charge in [-0.25, -0.2) is 0 Å². The Kier molecular flexibility index (Phi) is 5.14. The molecule has 0 atom stereocenters. The van der Waals surface area contributed by atoms with Crippen LogP contribution in [0, 0.1) is 11.3 Å². The molecule has 1 aliphatic heterocycles. The monoisotopic (exact) mass is 256 g/mol. The molecule has 1 heterocycles. The number of carboxylic acid groups (broad SMARTS) is 1. The van der Waals surface area contributed by atoms with Crippen molar-refractivity contribution in [3.63, 3.8) is 0 Å². The Balaban J connectivity index is 2.31. The fourth-order valence-corrected chi connectivity index (χ4v) is 2.26. The molecule has 2 N–H and O–H groups in total. The highest BCUT2D eigenvalue weighted by atomic mass is 16.4. The minimum atomic E-state index is -0.747. The van der Waals surface area contributed by atoms with Gasteiger partial charge in [-0.15, -0.1) is 0 Å². The fourth-order valence-electron chi connectivity index (χ4n) is 2.26. The summed E-state index contributed by atoms with van der Waals surface area (Å²) < 4.78 is 0. The van der Waals surface area contributed by atoms with Crippen molar-refractivity contribution in [2.75, 3.05) is 26.2 Å². The number of carbonyl (C=O) groups excluding carboxylic acids is 1. The molecule has 1 saturated heterocycles. The Bertz CT molecular complexity index is 307. The average molecular weight is 256 g/mol. The second-order valence-corrected chi connectivity index (χ2v) is 5.85. The molecule has 0 unspecified atom stereocenters. The molecule has 18 heavy (non-hydrogen) atoms. The van der Waals surface area contributed by atoms with Crippen LogP contribution < -0.4 is 5.32 Å². The van der Waals surface area contributed by atoms with Gasteiger partial charge < -0.3 is 15.3 Å². The summed E-state index contributed by atoms with van der Waals surface area (Å²) in [6.07, 6.45) is 2.05. The number of hydrogen-bond acceptors (Lipinski definition) is 3. The van der Waals surface area contributed by atoms with Crippen molar-refractivity contribution in [1.29, 1.82) is 0 Å². The lowest BCUT2D eigenvalue weighted by atomic mass is 9.90. The summed E-state index contributed by atoms with van der Waals surface area (Å²) in [6.45, 7) is 8.23. The minimum absolute atomic E-state index is 0.0180. The lowest BCUT2D eigenvalue weighted by Gasteiger charge is -2.35. The van der Waals surface area contributed by atoms with E-state index in [0.29, 0.717) is 12.5 Å². The summed E-state index contributed by atoms with van der Waals surface area (Å²) in [6, 6.07) is 0. The number of carboxylic acids is 1. The van der Waals surface area contributed by atoms with Crippen molar-refractivity contribution in [2.45, 2.75) is 33.6 Å². The highest BCUT2D eigenvalue weighted by Gasteiger charge is 2.31. The van der Waals surface area contributed by atoms with E-state index in [4.69, 9.17) is 5.11 Å². The number of nitrogens with zero attached hydrogens (tertiary/aromatic N) is 1. The first kappa shape index (κ1) is 15.0. The van der Waals surface area contributed by atoms with E-state index in [-0.39, 0.29) is 5.91 Å². The van der Waals surface area contributed by atoms with E-state index in [1.165, 1.54) is 6.92 Å². The number of nitrogens with one attached hydrogen (secondary N) is 1. The Morgan fingerprint density at radius 2 is 1.89 bits per heavy atom. The SMILES string of the molecule is CC(=O)NCC1CCN(CC(C)(C)C(=O)O)CC1. The molecule has 1 fully saturated rings. The van der Waals surface area contributed by atoms with Crippen LogP contribution in [0.2, 0.25) is 0 Å². The van der Waals surface area contributed by atoms with Gasteiger partial charge in [0.1, 0.15) is 0 Å². The van der Waals surface area contributed by atoms with Gasteiger partial charge in [0.15, 0.2) is 0 Å². The number of hydrogen-bond donors (Lipinski definition) is 2. The Morgan fingerprint density at radius 1 is 1.33 bits per heavy atom. The van der Waals surface area contributed by atoms with Gasteiger partial charge in [-0.2, -0.15) is 0 Å². The van der Waals surface area contributed by atoms with E-state index < -0.39 is 11.4 Å². The van der Waals surface area contributed by atoms with Crippen LogP contribution >= 0.6 is 0 Å². The maximum absolute atomic E-state index is 11.1. The van der Waals surface area contributed by atoms with Gasteiger partial charge in [-0.05, 0) is 45.7 Å². The van der Waals surface area contributed by atoms with Gasteiger partial charge in [0.25, 0.3) is 0 Å². The summed E-state index contributed by atoms with van der Waals surface area (Å²) >= 11 is 0. The Hall–Kier alpha value is -1.10. The number of piperidine rings is 1. The largest absolute Gasteiger partial charge is 0.481 e. The van der Waals surface area contributed by atoms with Gasteiger partial charge in [-0.3, -0.25) is 9.59 Å². The molecule has 0 radical (unpaired) electrons. The van der Waals surface area contributed by atoms with Crippen LogP contribution in [0.5, 0.6) is 0 Å². The van der Waals surface area contributed by atoms with Crippen molar-refractivity contribution >= 4 is 11.9 Å². The number of rotatable bonds is 5. The molecular weight excluding hydrogens is 232 g/mol. The van der Waals surface area contributed by atoms with Gasteiger partial charge in [-0.1, -0.05) is 0 Å². The van der Waals surface area contributed by atoms with E-state index in [2.05, 4.69) is 10.2 Å². The predicted molar refractivity (Wildman–Crippen MR) is 69.3 cm³/mol. The van der Waals surface area contributed by atoms with Crippen LogP contribution in [-0.4, -0.2) is 48.1 Å². The standard InChI is InChI=1S/C13H24N2O3/c1-10(16)14-8-11-4-6-15(7-5-11)9-13(2,3)12(17)18/h11H,4-9H2,1-3H3,(H,14,16)(H,17,18). The van der Waals surface area contributed by atoms with E-state index >= 15 is 0 Å². The lowest BCUT2D eigenvalue weighted by Crippen LogP contribution is -2.44. The highest BCUT2D eigenvalue weighted by Crippen LogP contribution is 2.22. The Morgan fingerprint density at radius 3 is 2.33 bits per heavy atom. The maximum Gasteiger partial charge on any atom is 0.310 e. The Labute approximate surface area is 109 Å². The normalized spacial score (nSPS) is 18.6. The van der Waals surface area contributed by atoms with E-state index in [1.807, 2.05) is 0 Å². The molecule has 1 amide bonds. The first-order valence-corrected chi connectivity index (χ1v) is 6.51. The van der Waals surface area contributed by atoms with E-state index in [9.17, 15) is 9.59 Å². The van der Waals surface area contributed by atoms with Crippen molar-refractivity contribution in [3.05, 3.63) is 0 Å². The van der Waals surface area contributed by atoms with Crippen LogP contribution in [0.1, 0.15) is 33.6 Å². The first-order valence-electron chi connectivity index (χ1n) is 6.51. The van der Waals surface area contributed by atoms with Crippen molar-refractivity contribution in [2.24, 2.45) is 11.3 Å². The summed E-state index contributed by atoms with van der Waals surface area (Å²) in [5, 5.41) is 11.9. The average Bonchev–Trinajstić information content (AvgIpc) is 2.27. The molecular formula is C13H24N2O3. The van der Waals surface area contributed by atoms with Crippen LogP contribution in [0.25, 0.3) is 0 Å². The third kappa shape index (κ3) is 4.64. The van der Waals surface area contributed by atoms with Crippen LogP contribution in [0.3, 0.4) is 0 Å². The highest BCUT2D eigenvalue weighted by molar-refractivity contribution is 5.74. The van der Waals surface area contributed by atoms with Gasteiger partial charge in [0.05, 0.1) is 5.41 Å². The van der Waals surface area contributed by atoms with Gasteiger partial charge in [0, 0.05) is 20.0 Å². The van der Waals surface area contributed by atoms with Crippen molar-refractivity contribution in [3.8, 4) is 0 Å². The molecule has 0 bridgehead atoms. The number of likely N-dealkylation sites (tertiary alicyclic amines) is 1. The molecule has 0 spiro atoms. The van der Waals surface area contributed by atoms with E-state index in [1.54, 1.807) is 13.8 Å². The van der Waals surface area contributed by atoms with Crippen molar-refractivity contribution < 1.29 is 14.7 Å². The predicted octanol–water partition coefficient (Wildman–Crippen LogP) is 0.945. The van der Waals surface area contributed by atoms with Gasteiger partial charge >= 0.3 is 5.97 Å². The maximum atomic E-state index is 11.1. The van der Waals surface area contributed by atoms with Crippen LogP contribution in [-0.2, 0) is 9.59 Å². The summed E-state index contributed by atoms with van der Waals surface area (Å²) in [5.74, 6) is -0.203. The first-order chi connectivity index (χ1) is 8.31. The number of carbonyl (C=O) groups is 2. The number of amides is 1. The summed E-state index contributed by atoms with van der Waals surface area (Å²) in [7, 11) is 0. The molecule has 0 saturated carbocycles. The topological polar surface area (TPSA) is 69.6 Å². The molecule has 5 nitrogen and oxygen atoms in total. The van der Waals surface area contributed by atoms with Crippen LogP contribution in [0.15, 0.2) is 0 Å². The minimum Gasteiger partial charge on any atom is -0.481 e. The molecule has 0 aliphatic carbocycles. The zero-order valence-electron chi connectivity index (χ0n) is 11.5. The zero-order valence-corrected chi connectivity index (χ0v) is 11.5. The zero-order chi connectivity index (χ0) is 13.8. The van der Waals surface area contributed by atoms with Crippen LogP contribution in [0.4, 0.5) is 0 Å². The molecule has 0 aromatic heterocycles. The smallest absolute Gasteiger partial charge is 0.310 e. The summed E-state index contributed by atoms with van der Waals surface area (Å²) in [5.41, 5.74) is -0.690. The molecule has 1 rings (SSSR count). The summed E-state index contributed by atoms with van der Waals surface area (Å²) in [4.78, 5) is 24.1. The second kappa shape index (κ2) is 6.18. The molecule has 5 heteroatoms. The second-order valence-electron chi connectivity index (χ2n) is 5.85. The lowest BCUT2D eigenvalue weighted by molar-refractivity contribution is -0.148. The molecule has 0 aromatic carbocycles. The quantitative estimate of drug-likeness (QED) is 0.768. The van der Waals surface area contributed by atoms with Gasteiger partial charge in [0.2, 0.25) is 5.91 Å². The molecule has 0 aromatic rings. The molecule has 1 aliphatic rings. The third-order valence-corrected chi connectivity index (χ3v) is 3.54. The molecule has 104 valence electrons. The fraction of sp³-hybridized carbons (Fsp3) is 0.846. The van der Waals surface area contributed by atoms with Crippen molar-refractivity contribution in [1.82, 2.24) is 10.2 Å². The third-order valence-electron chi connectivity index (χ3n) is 3.54. The number of aliphatic carboxylic acids is 1. The van der Waals surface area contributed by atoms with E-state index in [0.717, 1.165) is 32.5 Å².